The molecule has 258 valence electrons. The Labute approximate surface area is 291 Å². The topological polar surface area (TPSA) is 129 Å². The van der Waals surface area contributed by atoms with Crippen molar-refractivity contribution >= 4 is 38.4 Å². The number of aromatic amines is 1. The lowest BCUT2D eigenvalue weighted by Gasteiger charge is -2.21. The van der Waals surface area contributed by atoms with Gasteiger partial charge in [0.1, 0.15) is 11.5 Å². The lowest BCUT2D eigenvalue weighted by atomic mass is 9.87. The van der Waals surface area contributed by atoms with Crippen molar-refractivity contribution in [1.29, 1.82) is 0 Å². The fourth-order valence-electron chi connectivity index (χ4n) is 7.15. The van der Waals surface area contributed by atoms with E-state index in [0.29, 0.717) is 52.6 Å². The average Bonchev–Trinajstić information content (AvgIpc) is 3.40. The molecule has 0 spiro atoms. The van der Waals surface area contributed by atoms with Crippen molar-refractivity contribution in [2.45, 2.75) is 64.8 Å². The van der Waals surface area contributed by atoms with Crippen LogP contribution in [0.15, 0.2) is 71.7 Å². The van der Waals surface area contributed by atoms with Crippen LogP contribution in [0.25, 0.3) is 33.4 Å². The standard InChI is InChI=1S/C39H41FN6O3S/c1-24-16-29(22-31(17-24)43-35(47)20-25-8-4-3-5-9-25)33-14-13-27-10-7-15-41-38(36(27)44-33)39-45-34-12-6-11-32(37(34)46-39)28-18-26(19-30(40)21-28)23-42-50(2,48)49/h6,11-14,16-19,21-22,25,42H,3-5,7-10,15,20,23H2,1-2H3,(H,43,47)(H,45,46). The molecule has 1 fully saturated rings. The summed E-state index contributed by atoms with van der Waals surface area (Å²) in [4.78, 5) is 31.5. The van der Waals surface area contributed by atoms with E-state index in [1.165, 1.54) is 31.4 Å². The van der Waals surface area contributed by atoms with Crippen LogP contribution in [0.2, 0.25) is 0 Å². The fourth-order valence-corrected chi connectivity index (χ4v) is 7.57. The molecule has 3 N–H and O–H groups in total. The third-order valence-corrected chi connectivity index (χ3v) is 10.1. The molecule has 1 saturated carbocycles. The highest BCUT2D eigenvalue weighted by molar-refractivity contribution is 7.88. The Morgan fingerprint density at radius 2 is 1.80 bits per heavy atom. The molecule has 0 atom stereocenters. The highest BCUT2D eigenvalue weighted by atomic mass is 32.2. The number of benzene rings is 3. The quantitative estimate of drug-likeness (QED) is 0.148. The van der Waals surface area contributed by atoms with Crippen LogP contribution in [0.4, 0.5) is 10.1 Å². The van der Waals surface area contributed by atoms with E-state index in [2.05, 4.69) is 27.2 Å². The number of anilines is 1. The first-order chi connectivity index (χ1) is 24.1. The highest BCUT2D eigenvalue weighted by Crippen LogP contribution is 2.32. The third kappa shape index (κ3) is 7.84. The third-order valence-electron chi connectivity index (χ3n) is 9.48. The lowest BCUT2D eigenvalue weighted by molar-refractivity contribution is -0.117. The number of sulfonamides is 1. The molecule has 0 radical (unpaired) electrons. The van der Waals surface area contributed by atoms with Crippen molar-refractivity contribution in [1.82, 2.24) is 19.7 Å². The van der Waals surface area contributed by atoms with Crippen molar-refractivity contribution in [2.24, 2.45) is 10.9 Å². The van der Waals surface area contributed by atoms with E-state index in [1.807, 2.05) is 43.3 Å². The van der Waals surface area contributed by atoms with Gasteiger partial charge >= 0.3 is 0 Å². The Balaban J connectivity index is 1.21. The van der Waals surface area contributed by atoms with Gasteiger partial charge in [0.15, 0.2) is 5.82 Å². The van der Waals surface area contributed by atoms with E-state index in [1.54, 1.807) is 6.07 Å². The number of hydrogen-bond donors (Lipinski definition) is 3. The first kappa shape index (κ1) is 33.7. The first-order valence-electron chi connectivity index (χ1n) is 17.3. The number of H-pyrrole nitrogens is 1. The number of pyridine rings is 1. The molecule has 3 aromatic carbocycles. The number of para-hydroxylation sites is 1. The maximum absolute atomic E-state index is 14.8. The number of aromatic nitrogens is 3. The molecule has 5 aromatic rings. The zero-order valence-electron chi connectivity index (χ0n) is 28.4. The predicted molar refractivity (Wildman–Crippen MR) is 196 cm³/mol. The number of aryl methyl sites for hydroxylation is 2. The molecule has 2 aromatic heterocycles. The van der Waals surface area contributed by atoms with Gasteiger partial charge in [0.2, 0.25) is 15.9 Å². The maximum Gasteiger partial charge on any atom is 0.224 e. The van der Waals surface area contributed by atoms with Crippen LogP contribution in [0.5, 0.6) is 0 Å². The van der Waals surface area contributed by atoms with Crippen molar-refractivity contribution < 1.29 is 17.6 Å². The number of carbonyl (C=O) groups excluding carboxylic acids is 1. The lowest BCUT2D eigenvalue weighted by Crippen LogP contribution is -2.21. The van der Waals surface area contributed by atoms with Crippen LogP contribution in [0.1, 0.15) is 73.2 Å². The number of fused-ring (bicyclic) bond motifs is 2. The predicted octanol–water partition coefficient (Wildman–Crippen LogP) is 7.48. The molecule has 0 bridgehead atoms. The number of nitrogens with zero attached hydrogens (tertiary/aromatic N) is 3. The summed E-state index contributed by atoms with van der Waals surface area (Å²) in [7, 11) is -3.44. The minimum absolute atomic E-state index is 0.0255. The fraction of sp³-hybridized carbons (Fsp3) is 0.333. The molecule has 11 heteroatoms. The summed E-state index contributed by atoms with van der Waals surface area (Å²) in [6, 6.07) is 20.4. The zero-order chi connectivity index (χ0) is 34.8. The molecule has 0 unspecified atom stereocenters. The normalized spacial score (nSPS) is 15.4. The molecule has 9 nitrogen and oxygen atoms in total. The van der Waals surface area contributed by atoms with E-state index in [9.17, 15) is 17.6 Å². The molecule has 1 aliphatic carbocycles. The Bertz CT molecular complexity index is 2220. The molecule has 1 amide bonds. The molecule has 3 heterocycles. The average molecular weight is 693 g/mol. The van der Waals surface area contributed by atoms with Crippen LogP contribution in [0, 0.1) is 18.7 Å². The molecule has 7 rings (SSSR count). The van der Waals surface area contributed by atoms with Gasteiger partial charge in [0.05, 0.1) is 28.7 Å². The maximum atomic E-state index is 14.8. The van der Waals surface area contributed by atoms with Crippen LogP contribution in [-0.4, -0.2) is 47.8 Å². The summed E-state index contributed by atoms with van der Waals surface area (Å²) in [5, 5.41) is 3.14. The van der Waals surface area contributed by atoms with Crippen molar-refractivity contribution in [3.63, 3.8) is 0 Å². The molecular formula is C39H41FN6O3S. The van der Waals surface area contributed by atoms with E-state index >= 15 is 0 Å². The minimum Gasteiger partial charge on any atom is -0.337 e. The summed E-state index contributed by atoms with van der Waals surface area (Å²) in [5.74, 6) is 0.613. The van der Waals surface area contributed by atoms with Gasteiger partial charge in [-0.05, 0) is 109 Å². The van der Waals surface area contributed by atoms with Crippen LogP contribution < -0.4 is 10.0 Å². The second-order valence-corrected chi connectivity index (χ2v) is 15.4. The van der Waals surface area contributed by atoms with Crippen LogP contribution in [0.3, 0.4) is 0 Å². The highest BCUT2D eigenvalue weighted by Gasteiger charge is 2.22. The number of carbonyl (C=O) groups is 1. The van der Waals surface area contributed by atoms with Gasteiger partial charge in [-0.2, -0.15) is 0 Å². The minimum atomic E-state index is -3.44. The smallest absolute Gasteiger partial charge is 0.224 e. The van der Waals surface area contributed by atoms with E-state index in [0.717, 1.165) is 71.2 Å². The number of nitrogens with one attached hydrogen (secondary N) is 3. The van der Waals surface area contributed by atoms with Gasteiger partial charge in [0, 0.05) is 36.3 Å². The Hall–Kier alpha value is -4.74. The van der Waals surface area contributed by atoms with E-state index < -0.39 is 15.8 Å². The Kier molecular flexibility index (Phi) is 9.61. The summed E-state index contributed by atoms with van der Waals surface area (Å²) in [5.41, 5.74) is 9.16. The van der Waals surface area contributed by atoms with Gasteiger partial charge in [-0.15, -0.1) is 0 Å². The van der Waals surface area contributed by atoms with Crippen molar-refractivity contribution in [3.05, 3.63) is 101 Å². The number of imidazole rings is 1. The number of hydrogen-bond acceptors (Lipinski definition) is 6. The summed E-state index contributed by atoms with van der Waals surface area (Å²) >= 11 is 0. The van der Waals surface area contributed by atoms with E-state index in [4.69, 9.17) is 15.0 Å². The number of halogens is 1. The molecule has 1 aliphatic heterocycles. The molecular weight excluding hydrogens is 652 g/mol. The molecule has 2 aliphatic rings. The van der Waals surface area contributed by atoms with Crippen LogP contribution >= 0.6 is 0 Å². The first-order valence-corrected chi connectivity index (χ1v) is 19.2. The largest absolute Gasteiger partial charge is 0.337 e. The summed E-state index contributed by atoms with van der Waals surface area (Å²) in [6.45, 7) is 2.61. The molecule has 50 heavy (non-hydrogen) atoms. The van der Waals surface area contributed by atoms with Crippen molar-refractivity contribution in [2.75, 3.05) is 18.1 Å². The van der Waals surface area contributed by atoms with E-state index in [-0.39, 0.29) is 12.5 Å². The van der Waals surface area contributed by atoms with Crippen molar-refractivity contribution in [3.8, 4) is 22.4 Å². The van der Waals surface area contributed by atoms with Gasteiger partial charge < -0.3 is 10.3 Å². The summed E-state index contributed by atoms with van der Waals surface area (Å²) in [6.07, 6.45) is 9.25. The summed E-state index contributed by atoms with van der Waals surface area (Å²) < 4.78 is 40.5. The monoisotopic (exact) mass is 692 g/mol. The Morgan fingerprint density at radius 3 is 2.62 bits per heavy atom. The number of amides is 1. The second kappa shape index (κ2) is 14.2. The van der Waals surface area contributed by atoms with Crippen LogP contribution in [-0.2, 0) is 27.8 Å². The SMILES string of the molecule is Cc1cc(NC(=O)CC2CCCCC2)cc(-c2ccc3c(n2)C(c2nc4c(-c5cc(F)cc(CNS(C)(=O)=O)c5)cccc4[nH]2)=NCCC3)c1. The number of rotatable bonds is 9. The van der Waals surface area contributed by atoms with Gasteiger partial charge in [-0.3, -0.25) is 9.79 Å². The molecule has 0 saturated heterocycles. The van der Waals surface area contributed by atoms with Gasteiger partial charge in [-0.1, -0.05) is 37.5 Å². The Morgan fingerprint density at radius 1 is 0.960 bits per heavy atom. The van der Waals surface area contributed by atoms with Gasteiger partial charge in [-0.25, -0.2) is 27.5 Å². The zero-order valence-corrected chi connectivity index (χ0v) is 29.2. The number of aliphatic imine (C=N–C) groups is 1. The van der Waals surface area contributed by atoms with Gasteiger partial charge in [0.25, 0.3) is 0 Å². The second-order valence-electron chi connectivity index (χ2n) is 13.6.